The Labute approximate surface area is 198 Å². The minimum absolute atomic E-state index is 0.0180. The van der Waals surface area contributed by atoms with Gasteiger partial charge in [0.2, 0.25) is 0 Å². The maximum atomic E-state index is 13.9. The van der Waals surface area contributed by atoms with Crippen LogP contribution in [-0.2, 0) is 4.79 Å². The van der Waals surface area contributed by atoms with E-state index in [1.54, 1.807) is 24.4 Å². The van der Waals surface area contributed by atoms with Crippen LogP contribution in [0.1, 0.15) is 48.5 Å². The molecule has 0 spiro atoms. The number of allylic oxidation sites excluding steroid dienone is 3. The SMILES string of the molecule is CC1(C)CC(=O)C2=C(C1)N(NC(=O)c1cccnc1)C(N)=C(C#N)C2c1ccc(F)c(Br)c1. The van der Waals surface area contributed by atoms with Crippen molar-refractivity contribution in [3.8, 4) is 6.07 Å². The zero-order chi connectivity index (χ0) is 23.9. The van der Waals surface area contributed by atoms with Crippen molar-refractivity contribution in [3.63, 3.8) is 0 Å². The molecule has 1 amide bonds. The fourth-order valence-corrected chi connectivity index (χ4v) is 4.72. The third kappa shape index (κ3) is 4.14. The number of carbonyl (C=O) groups excluding carboxylic acids is 2. The first-order valence-corrected chi connectivity index (χ1v) is 11.0. The highest BCUT2D eigenvalue weighted by atomic mass is 79.9. The second-order valence-electron chi connectivity index (χ2n) is 8.84. The zero-order valence-corrected chi connectivity index (χ0v) is 19.6. The number of halogens is 2. The molecule has 4 rings (SSSR count). The molecule has 0 bridgehead atoms. The third-order valence-corrected chi connectivity index (χ3v) is 6.40. The Hall–Kier alpha value is -3.51. The van der Waals surface area contributed by atoms with Crippen molar-refractivity contribution in [1.82, 2.24) is 15.4 Å². The van der Waals surface area contributed by atoms with E-state index in [0.29, 0.717) is 28.8 Å². The molecule has 3 N–H and O–H groups in total. The summed E-state index contributed by atoms with van der Waals surface area (Å²) in [6.45, 7) is 3.91. The second-order valence-corrected chi connectivity index (χ2v) is 9.69. The van der Waals surface area contributed by atoms with Crippen LogP contribution in [0.15, 0.2) is 69.9 Å². The minimum Gasteiger partial charge on any atom is -0.383 e. The van der Waals surface area contributed by atoms with Crippen LogP contribution in [0.4, 0.5) is 4.39 Å². The smallest absolute Gasteiger partial charge is 0.271 e. The average Bonchev–Trinajstić information content (AvgIpc) is 2.77. The van der Waals surface area contributed by atoms with Gasteiger partial charge >= 0.3 is 0 Å². The lowest BCUT2D eigenvalue weighted by Crippen LogP contribution is -2.49. The Bertz CT molecular complexity index is 1260. The van der Waals surface area contributed by atoms with Crippen LogP contribution in [0, 0.1) is 22.6 Å². The van der Waals surface area contributed by atoms with Crippen molar-refractivity contribution in [3.05, 3.63) is 86.8 Å². The normalized spacial score (nSPS) is 19.8. The molecule has 168 valence electrons. The van der Waals surface area contributed by atoms with E-state index >= 15 is 0 Å². The van der Waals surface area contributed by atoms with Gasteiger partial charge < -0.3 is 5.73 Å². The summed E-state index contributed by atoms with van der Waals surface area (Å²) in [4.78, 5) is 30.2. The number of carbonyl (C=O) groups is 2. The standard InChI is InChI=1S/C24H21BrFN5O2/c1-24(2)9-18-21(19(32)10-24)20(13-5-6-17(26)16(25)8-13)15(11-27)22(28)31(18)30-23(33)14-4-3-7-29-12-14/h3-8,12,20H,9-10,28H2,1-2H3,(H,30,33). The van der Waals surface area contributed by atoms with Crippen LogP contribution in [0.25, 0.3) is 0 Å². The predicted molar refractivity (Wildman–Crippen MR) is 122 cm³/mol. The fraction of sp³-hybridized carbons (Fsp3) is 0.250. The van der Waals surface area contributed by atoms with Gasteiger partial charge in [-0.05, 0) is 57.6 Å². The predicted octanol–water partition coefficient (Wildman–Crippen LogP) is 4.06. The fourth-order valence-electron chi connectivity index (χ4n) is 4.32. The molecule has 33 heavy (non-hydrogen) atoms. The number of rotatable bonds is 3. The van der Waals surface area contributed by atoms with Crippen molar-refractivity contribution < 1.29 is 14.0 Å². The van der Waals surface area contributed by atoms with Crippen molar-refractivity contribution in [2.75, 3.05) is 0 Å². The Morgan fingerprint density at radius 1 is 1.36 bits per heavy atom. The van der Waals surface area contributed by atoms with Crippen LogP contribution in [0.3, 0.4) is 0 Å². The van der Waals surface area contributed by atoms with Crippen LogP contribution in [-0.4, -0.2) is 21.7 Å². The monoisotopic (exact) mass is 509 g/mol. The molecule has 1 unspecified atom stereocenters. The Morgan fingerprint density at radius 2 is 2.12 bits per heavy atom. The Balaban J connectivity index is 1.88. The van der Waals surface area contributed by atoms with Gasteiger partial charge in [0.15, 0.2) is 5.78 Å². The first-order valence-electron chi connectivity index (χ1n) is 10.2. The number of hydrazine groups is 1. The quantitative estimate of drug-likeness (QED) is 0.644. The molecule has 1 aliphatic carbocycles. The molecule has 1 atom stereocenters. The van der Waals surface area contributed by atoms with E-state index in [1.807, 2.05) is 13.8 Å². The summed E-state index contributed by atoms with van der Waals surface area (Å²) < 4.78 is 14.1. The summed E-state index contributed by atoms with van der Waals surface area (Å²) in [6, 6.07) is 9.70. The first-order chi connectivity index (χ1) is 15.6. The van der Waals surface area contributed by atoms with E-state index in [-0.39, 0.29) is 33.5 Å². The Kier molecular flexibility index (Phi) is 5.80. The van der Waals surface area contributed by atoms with Crippen LogP contribution in [0.2, 0.25) is 0 Å². The van der Waals surface area contributed by atoms with E-state index in [2.05, 4.69) is 32.4 Å². The highest BCUT2D eigenvalue weighted by Crippen LogP contribution is 2.48. The molecule has 2 aliphatic rings. The number of aromatic nitrogens is 1. The maximum Gasteiger partial charge on any atom is 0.271 e. The van der Waals surface area contributed by atoms with Crippen molar-refractivity contribution in [2.45, 2.75) is 32.6 Å². The summed E-state index contributed by atoms with van der Waals surface area (Å²) in [5.74, 6) is -1.83. The zero-order valence-electron chi connectivity index (χ0n) is 18.0. The minimum atomic E-state index is -0.767. The molecule has 1 aromatic carbocycles. The van der Waals surface area contributed by atoms with Gasteiger partial charge in [-0.15, -0.1) is 0 Å². The number of hydrogen-bond donors (Lipinski definition) is 2. The molecule has 2 aromatic rings. The number of nitrogens with two attached hydrogens (primary N) is 1. The van der Waals surface area contributed by atoms with Gasteiger partial charge in [-0.25, -0.2) is 9.40 Å². The summed E-state index contributed by atoms with van der Waals surface area (Å²) in [6.07, 6.45) is 3.68. The third-order valence-electron chi connectivity index (χ3n) is 5.80. The van der Waals surface area contributed by atoms with Gasteiger partial charge in [0.05, 0.1) is 33.3 Å². The summed E-state index contributed by atoms with van der Waals surface area (Å²) in [5.41, 5.74) is 10.6. The van der Waals surface area contributed by atoms with Crippen molar-refractivity contribution >= 4 is 27.6 Å². The molecule has 9 heteroatoms. The number of nitrogens with zero attached hydrogens (tertiary/aromatic N) is 3. The molecular weight excluding hydrogens is 489 g/mol. The van der Waals surface area contributed by atoms with Gasteiger partial charge in [0.1, 0.15) is 11.6 Å². The van der Waals surface area contributed by atoms with E-state index in [1.165, 1.54) is 23.3 Å². The lowest BCUT2D eigenvalue weighted by molar-refractivity contribution is -0.118. The first kappa shape index (κ1) is 22.7. The average molecular weight is 510 g/mol. The topological polar surface area (TPSA) is 112 Å². The number of pyridine rings is 1. The van der Waals surface area contributed by atoms with Gasteiger partial charge in [-0.1, -0.05) is 19.9 Å². The number of nitrogens with one attached hydrogen (secondary N) is 1. The van der Waals surface area contributed by atoms with Crippen molar-refractivity contribution in [2.24, 2.45) is 11.1 Å². The number of amides is 1. The number of benzene rings is 1. The lowest BCUT2D eigenvalue weighted by Gasteiger charge is -2.43. The van der Waals surface area contributed by atoms with E-state index in [0.717, 1.165) is 0 Å². The van der Waals surface area contributed by atoms with Gasteiger partial charge in [-0.2, -0.15) is 5.26 Å². The number of Topliss-reactive ketones (excluding diaryl/α,β-unsaturated/α-hetero) is 1. The number of ketones is 1. The molecule has 1 aromatic heterocycles. The molecular formula is C24H21BrFN5O2. The summed E-state index contributed by atoms with van der Waals surface area (Å²) in [7, 11) is 0. The van der Waals surface area contributed by atoms with Crippen LogP contribution < -0.4 is 11.2 Å². The summed E-state index contributed by atoms with van der Waals surface area (Å²) in [5, 5.41) is 11.4. The second kappa shape index (κ2) is 8.45. The largest absolute Gasteiger partial charge is 0.383 e. The van der Waals surface area contributed by atoms with Crippen molar-refractivity contribution in [1.29, 1.82) is 5.26 Å². The van der Waals surface area contributed by atoms with Gasteiger partial charge in [0.25, 0.3) is 5.91 Å². The van der Waals surface area contributed by atoms with Crippen LogP contribution >= 0.6 is 15.9 Å². The highest BCUT2D eigenvalue weighted by Gasteiger charge is 2.45. The van der Waals surface area contributed by atoms with E-state index < -0.39 is 17.6 Å². The van der Waals surface area contributed by atoms with E-state index in [4.69, 9.17) is 5.73 Å². The highest BCUT2D eigenvalue weighted by molar-refractivity contribution is 9.10. The van der Waals surface area contributed by atoms with Crippen LogP contribution in [0.5, 0.6) is 0 Å². The molecule has 0 fully saturated rings. The molecule has 0 saturated heterocycles. The van der Waals surface area contributed by atoms with Gasteiger partial charge in [-0.3, -0.25) is 20.0 Å². The Morgan fingerprint density at radius 3 is 2.76 bits per heavy atom. The molecule has 7 nitrogen and oxygen atoms in total. The summed E-state index contributed by atoms with van der Waals surface area (Å²) >= 11 is 3.18. The maximum absolute atomic E-state index is 13.9. The lowest BCUT2D eigenvalue weighted by atomic mass is 9.69. The van der Waals surface area contributed by atoms with Gasteiger partial charge in [0, 0.05) is 24.4 Å². The number of nitriles is 1. The number of hydrogen-bond acceptors (Lipinski definition) is 6. The molecule has 2 heterocycles. The molecule has 1 aliphatic heterocycles. The molecule has 0 saturated carbocycles. The van der Waals surface area contributed by atoms with E-state index in [9.17, 15) is 19.2 Å². The molecule has 0 radical (unpaired) electrons.